The number of hydrogen-bond donors (Lipinski definition) is 1. The molecule has 26 heavy (non-hydrogen) atoms. The molecule has 0 atom stereocenters. The van der Waals surface area contributed by atoms with Crippen LogP contribution in [0, 0.1) is 5.82 Å². The largest absolute Gasteiger partial charge is 0.508 e. The molecule has 3 aromatic carbocycles. The minimum Gasteiger partial charge on any atom is -0.508 e. The van der Waals surface area contributed by atoms with Crippen LogP contribution in [0.25, 0.3) is 22.3 Å². The van der Waals surface area contributed by atoms with Crippen molar-refractivity contribution >= 4 is 11.0 Å². The normalized spacial score (nSPS) is 10.8. The van der Waals surface area contributed by atoms with Crippen LogP contribution in [0.3, 0.4) is 0 Å². The Hall–Kier alpha value is -3.60. The van der Waals surface area contributed by atoms with Crippen LogP contribution in [0.15, 0.2) is 82.0 Å². The summed E-state index contributed by atoms with van der Waals surface area (Å²) in [5.41, 5.74) is 0.879. The molecule has 128 valence electrons. The smallest absolute Gasteiger partial charge is 0.193 e. The summed E-state index contributed by atoms with van der Waals surface area (Å²) >= 11 is 0. The Bertz CT molecular complexity index is 1130. The van der Waals surface area contributed by atoms with E-state index in [0.29, 0.717) is 33.8 Å². The maximum atomic E-state index is 12.9. The second-order valence-corrected chi connectivity index (χ2v) is 5.74. The van der Waals surface area contributed by atoms with Gasteiger partial charge in [0.1, 0.15) is 34.4 Å². The lowest BCUT2D eigenvalue weighted by molar-refractivity contribution is 0.475. The molecule has 4 nitrogen and oxygen atoms in total. The van der Waals surface area contributed by atoms with Crippen LogP contribution < -0.4 is 10.2 Å². The van der Waals surface area contributed by atoms with E-state index in [1.54, 1.807) is 42.5 Å². The third kappa shape index (κ3) is 3.15. The number of aromatic hydroxyl groups is 1. The van der Waals surface area contributed by atoms with Crippen molar-refractivity contribution in [2.75, 3.05) is 0 Å². The van der Waals surface area contributed by atoms with E-state index >= 15 is 0 Å². The van der Waals surface area contributed by atoms with Gasteiger partial charge in [0.25, 0.3) is 0 Å². The highest BCUT2D eigenvalue weighted by molar-refractivity contribution is 5.80. The summed E-state index contributed by atoms with van der Waals surface area (Å²) in [6.45, 7) is 0. The van der Waals surface area contributed by atoms with Gasteiger partial charge in [-0.2, -0.15) is 0 Å². The van der Waals surface area contributed by atoms with Crippen molar-refractivity contribution in [3.8, 4) is 28.6 Å². The van der Waals surface area contributed by atoms with E-state index in [2.05, 4.69) is 0 Å². The Morgan fingerprint density at radius 3 is 2.19 bits per heavy atom. The second kappa shape index (κ2) is 6.37. The molecule has 1 N–H and O–H groups in total. The van der Waals surface area contributed by atoms with Crippen molar-refractivity contribution < 1.29 is 18.7 Å². The number of ether oxygens (including phenoxy) is 1. The van der Waals surface area contributed by atoms with Crippen molar-refractivity contribution in [2.45, 2.75) is 0 Å². The average molecular weight is 348 g/mol. The first kappa shape index (κ1) is 15.9. The van der Waals surface area contributed by atoms with Gasteiger partial charge in [-0.15, -0.1) is 0 Å². The summed E-state index contributed by atoms with van der Waals surface area (Å²) in [4.78, 5) is 12.2. The third-order valence-corrected chi connectivity index (χ3v) is 3.90. The Morgan fingerprint density at radius 2 is 1.50 bits per heavy atom. The lowest BCUT2D eigenvalue weighted by Crippen LogP contribution is -2.00. The summed E-state index contributed by atoms with van der Waals surface area (Å²) in [6, 6.07) is 18.5. The fourth-order valence-corrected chi connectivity index (χ4v) is 2.61. The Kier molecular flexibility index (Phi) is 3.89. The molecular formula is C21H13FO4. The Balaban J connectivity index is 1.64. The van der Waals surface area contributed by atoms with Gasteiger partial charge in [0, 0.05) is 11.6 Å². The van der Waals surface area contributed by atoms with Gasteiger partial charge in [-0.1, -0.05) is 0 Å². The van der Waals surface area contributed by atoms with Gasteiger partial charge in [0.15, 0.2) is 5.43 Å². The lowest BCUT2D eigenvalue weighted by atomic mass is 10.1. The number of rotatable bonds is 3. The predicted octanol–water partition coefficient (Wildman–Crippen LogP) is 5.10. The first-order chi connectivity index (χ1) is 12.6. The molecule has 0 amide bonds. The molecule has 0 saturated heterocycles. The van der Waals surface area contributed by atoms with Crippen molar-refractivity contribution in [1.29, 1.82) is 0 Å². The zero-order valence-electron chi connectivity index (χ0n) is 13.5. The van der Waals surface area contributed by atoms with Gasteiger partial charge in [-0.05, 0) is 66.7 Å². The van der Waals surface area contributed by atoms with Gasteiger partial charge >= 0.3 is 0 Å². The quantitative estimate of drug-likeness (QED) is 0.560. The van der Waals surface area contributed by atoms with Gasteiger partial charge in [-0.3, -0.25) is 4.79 Å². The summed E-state index contributed by atoms with van der Waals surface area (Å²) in [6.07, 6.45) is 0. The lowest BCUT2D eigenvalue weighted by Gasteiger charge is -2.07. The van der Waals surface area contributed by atoms with Crippen molar-refractivity contribution in [1.82, 2.24) is 0 Å². The Morgan fingerprint density at radius 1 is 0.846 bits per heavy atom. The molecule has 0 radical (unpaired) electrons. The van der Waals surface area contributed by atoms with Crippen LogP contribution in [0.1, 0.15) is 0 Å². The molecule has 0 saturated carbocycles. The zero-order valence-corrected chi connectivity index (χ0v) is 13.5. The first-order valence-electron chi connectivity index (χ1n) is 7.89. The molecule has 0 aliphatic carbocycles. The molecular weight excluding hydrogens is 335 g/mol. The van der Waals surface area contributed by atoms with Crippen LogP contribution in [-0.2, 0) is 0 Å². The third-order valence-electron chi connectivity index (χ3n) is 3.90. The molecule has 4 rings (SSSR count). The first-order valence-corrected chi connectivity index (χ1v) is 7.89. The highest BCUT2D eigenvalue weighted by Crippen LogP contribution is 2.27. The highest BCUT2D eigenvalue weighted by Gasteiger charge is 2.08. The Labute approximate surface area is 147 Å². The standard InChI is InChI=1S/C21H13FO4/c22-14-3-8-17(9-4-14)25-16-6-1-13(2-7-16)21-12-19(24)18-11-15(23)5-10-20(18)26-21/h1-12,23H. The molecule has 0 aliphatic rings. The number of phenols is 1. The van der Waals surface area contributed by atoms with Gasteiger partial charge in [0.2, 0.25) is 0 Å². The highest BCUT2D eigenvalue weighted by atomic mass is 19.1. The summed E-state index contributed by atoms with van der Waals surface area (Å²) in [5, 5.41) is 9.82. The van der Waals surface area contributed by atoms with E-state index in [4.69, 9.17) is 9.15 Å². The molecule has 0 aliphatic heterocycles. The van der Waals surface area contributed by atoms with Crippen molar-refractivity contribution in [3.63, 3.8) is 0 Å². The molecule has 0 unspecified atom stereocenters. The van der Waals surface area contributed by atoms with Crippen LogP contribution in [0.5, 0.6) is 17.2 Å². The number of hydrogen-bond acceptors (Lipinski definition) is 4. The van der Waals surface area contributed by atoms with Crippen LogP contribution in [0.2, 0.25) is 0 Å². The fraction of sp³-hybridized carbons (Fsp3) is 0. The van der Waals surface area contributed by atoms with Gasteiger partial charge < -0.3 is 14.3 Å². The minimum absolute atomic E-state index is 0.0137. The minimum atomic E-state index is -0.327. The van der Waals surface area contributed by atoms with Crippen LogP contribution in [-0.4, -0.2) is 5.11 Å². The molecule has 0 spiro atoms. The SMILES string of the molecule is O=c1cc(-c2ccc(Oc3ccc(F)cc3)cc2)oc2ccc(O)cc12. The second-order valence-electron chi connectivity index (χ2n) is 5.74. The molecule has 4 aromatic rings. The summed E-state index contributed by atoms with van der Waals surface area (Å²) in [7, 11) is 0. The number of fused-ring (bicyclic) bond motifs is 1. The van der Waals surface area contributed by atoms with E-state index in [1.807, 2.05) is 0 Å². The maximum Gasteiger partial charge on any atom is 0.193 e. The predicted molar refractivity (Wildman–Crippen MR) is 96.1 cm³/mol. The number of phenolic OH excluding ortho intramolecular Hbond substituents is 1. The summed E-state index contributed by atoms with van der Waals surface area (Å²) < 4.78 is 24.3. The molecule has 0 bridgehead atoms. The van der Waals surface area contributed by atoms with E-state index in [0.717, 1.165) is 0 Å². The van der Waals surface area contributed by atoms with Crippen molar-refractivity contribution in [2.24, 2.45) is 0 Å². The summed E-state index contributed by atoms with van der Waals surface area (Å²) in [5.74, 6) is 1.21. The zero-order chi connectivity index (χ0) is 18.1. The fourth-order valence-electron chi connectivity index (χ4n) is 2.61. The topological polar surface area (TPSA) is 59.7 Å². The maximum absolute atomic E-state index is 12.9. The molecule has 5 heteroatoms. The van der Waals surface area contributed by atoms with Crippen molar-refractivity contribution in [3.05, 3.63) is 88.8 Å². The number of benzene rings is 3. The van der Waals surface area contributed by atoms with E-state index < -0.39 is 0 Å². The van der Waals surface area contributed by atoms with E-state index in [-0.39, 0.29) is 17.0 Å². The number of halogens is 1. The molecule has 1 heterocycles. The van der Waals surface area contributed by atoms with Gasteiger partial charge in [0.05, 0.1) is 5.39 Å². The van der Waals surface area contributed by atoms with Crippen LogP contribution >= 0.6 is 0 Å². The molecule has 1 aromatic heterocycles. The van der Waals surface area contributed by atoms with Gasteiger partial charge in [-0.25, -0.2) is 4.39 Å². The van der Waals surface area contributed by atoms with E-state index in [9.17, 15) is 14.3 Å². The average Bonchev–Trinajstić information content (AvgIpc) is 2.65. The van der Waals surface area contributed by atoms with E-state index in [1.165, 1.54) is 30.3 Å². The monoisotopic (exact) mass is 348 g/mol. The molecule has 0 fully saturated rings. The van der Waals surface area contributed by atoms with Crippen LogP contribution in [0.4, 0.5) is 4.39 Å².